The summed E-state index contributed by atoms with van der Waals surface area (Å²) < 4.78 is 0. The lowest BCUT2D eigenvalue weighted by molar-refractivity contribution is 0.480. The molecule has 0 heterocycles. The van der Waals surface area contributed by atoms with Gasteiger partial charge in [0, 0.05) is 0 Å². The molecule has 0 saturated carbocycles. The fraction of sp³-hybridized carbons (Fsp3) is 0.0833. The third-order valence-corrected chi connectivity index (χ3v) is 5.26. The zero-order valence-corrected chi connectivity index (χ0v) is 14.1. The molecule has 0 spiro atoms. The predicted molar refractivity (Wildman–Crippen MR) is 102 cm³/mol. The molecule has 0 radical (unpaired) electrons. The molecule has 3 aromatic carbocycles. The Kier molecular flexibility index (Phi) is 3.68. The number of nitriles is 2. The highest BCUT2D eigenvalue weighted by molar-refractivity contribution is 5.73. The molecule has 0 N–H and O–H groups in total. The van der Waals surface area contributed by atoms with Crippen molar-refractivity contribution in [1.82, 2.24) is 0 Å². The van der Waals surface area contributed by atoms with Crippen LogP contribution in [0, 0.1) is 22.7 Å². The van der Waals surface area contributed by atoms with Gasteiger partial charge < -0.3 is 0 Å². The monoisotopic (exact) mass is 332 g/mol. The molecule has 0 saturated heterocycles. The lowest BCUT2D eigenvalue weighted by atomic mass is 9.52. The minimum Gasteiger partial charge on any atom is -0.196 e. The molecular weight excluding hydrogens is 316 g/mol. The fourth-order valence-corrected chi connectivity index (χ4v) is 4.05. The first kappa shape index (κ1) is 15.9. The number of allylic oxidation sites excluding steroid dienone is 1. The van der Waals surface area contributed by atoms with E-state index in [9.17, 15) is 10.5 Å². The molecule has 2 nitrogen and oxygen atoms in total. The molecule has 0 atom stereocenters. The first-order valence-corrected chi connectivity index (χ1v) is 8.51. The highest BCUT2D eigenvalue weighted by atomic mass is 14.6. The van der Waals surface area contributed by atoms with Gasteiger partial charge in [0.05, 0.1) is 17.6 Å². The van der Waals surface area contributed by atoms with Crippen LogP contribution in [0.25, 0.3) is 6.08 Å². The van der Waals surface area contributed by atoms with Gasteiger partial charge in [0.15, 0.2) is 5.41 Å². The highest BCUT2D eigenvalue weighted by Gasteiger charge is 2.56. The zero-order chi connectivity index (χ0) is 18.0. The molecule has 0 aromatic heterocycles. The first-order chi connectivity index (χ1) is 12.8. The Morgan fingerprint density at radius 2 is 1.12 bits per heavy atom. The average Bonchev–Trinajstić information content (AvgIpc) is 2.74. The second-order valence-corrected chi connectivity index (χ2v) is 6.43. The van der Waals surface area contributed by atoms with Gasteiger partial charge in [-0.2, -0.15) is 10.5 Å². The van der Waals surface area contributed by atoms with Crippen molar-refractivity contribution in [1.29, 1.82) is 10.5 Å². The fourth-order valence-electron chi connectivity index (χ4n) is 4.05. The Morgan fingerprint density at radius 1 is 0.615 bits per heavy atom. The summed E-state index contributed by atoms with van der Waals surface area (Å²) in [6, 6.07) is 32.2. The van der Waals surface area contributed by atoms with Crippen LogP contribution in [0.5, 0.6) is 0 Å². The van der Waals surface area contributed by atoms with E-state index in [2.05, 4.69) is 12.1 Å². The van der Waals surface area contributed by atoms with Crippen molar-refractivity contribution in [2.45, 2.75) is 10.8 Å². The van der Waals surface area contributed by atoms with E-state index in [0.29, 0.717) is 0 Å². The van der Waals surface area contributed by atoms with Crippen LogP contribution in [-0.4, -0.2) is 0 Å². The quantitative estimate of drug-likeness (QED) is 0.664. The molecule has 0 unspecified atom stereocenters. The number of benzene rings is 3. The molecule has 0 amide bonds. The summed E-state index contributed by atoms with van der Waals surface area (Å²) in [5, 5.41) is 20.7. The second kappa shape index (κ2) is 6.03. The number of hydrogen-bond acceptors (Lipinski definition) is 2. The third-order valence-electron chi connectivity index (χ3n) is 5.26. The Hall–Kier alpha value is -3.62. The molecule has 0 bridgehead atoms. The van der Waals surface area contributed by atoms with E-state index in [-0.39, 0.29) is 0 Å². The molecule has 1 aliphatic rings. The molecular formula is C24H16N2. The van der Waals surface area contributed by atoms with E-state index < -0.39 is 10.8 Å². The van der Waals surface area contributed by atoms with Crippen molar-refractivity contribution < 1.29 is 0 Å². The van der Waals surface area contributed by atoms with Gasteiger partial charge in [0.25, 0.3) is 0 Å². The minimum atomic E-state index is -1.36. The number of nitrogens with zero attached hydrogens (tertiary/aromatic N) is 2. The zero-order valence-electron chi connectivity index (χ0n) is 14.1. The van der Waals surface area contributed by atoms with Crippen molar-refractivity contribution in [2.75, 3.05) is 0 Å². The van der Waals surface area contributed by atoms with Crippen LogP contribution in [0.3, 0.4) is 0 Å². The number of rotatable bonds is 2. The largest absolute Gasteiger partial charge is 0.196 e. The summed E-state index contributed by atoms with van der Waals surface area (Å²) in [7, 11) is 0. The van der Waals surface area contributed by atoms with Crippen LogP contribution < -0.4 is 0 Å². The van der Waals surface area contributed by atoms with Crippen LogP contribution in [0.15, 0.2) is 91.0 Å². The maximum absolute atomic E-state index is 10.3. The summed E-state index contributed by atoms with van der Waals surface area (Å²) in [6.45, 7) is 0. The van der Waals surface area contributed by atoms with E-state index in [1.165, 1.54) is 0 Å². The topological polar surface area (TPSA) is 47.6 Å². The molecule has 122 valence electrons. The van der Waals surface area contributed by atoms with Gasteiger partial charge in [0.1, 0.15) is 0 Å². The van der Waals surface area contributed by atoms with E-state index in [1.54, 1.807) is 0 Å². The van der Waals surface area contributed by atoms with Crippen LogP contribution in [0.1, 0.15) is 22.3 Å². The van der Waals surface area contributed by atoms with E-state index in [4.69, 9.17) is 0 Å². The summed E-state index contributed by atoms with van der Waals surface area (Å²) in [4.78, 5) is 0. The van der Waals surface area contributed by atoms with Crippen LogP contribution in [0.2, 0.25) is 0 Å². The van der Waals surface area contributed by atoms with Crippen molar-refractivity contribution in [3.05, 3.63) is 113 Å². The van der Waals surface area contributed by atoms with Crippen molar-refractivity contribution in [3.63, 3.8) is 0 Å². The first-order valence-electron chi connectivity index (χ1n) is 8.51. The maximum Gasteiger partial charge on any atom is 0.186 e. The van der Waals surface area contributed by atoms with Gasteiger partial charge in [-0.05, 0) is 22.3 Å². The number of hydrogen-bond donors (Lipinski definition) is 0. The predicted octanol–water partition coefficient (Wildman–Crippen LogP) is 4.98. The average molecular weight is 332 g/mol. The molecule has 3 aromatic rings. The molecule has 2 heteroatoms. The molecule has 0 aliphatic heterocycles. The summed E-state index contributed by atoms with van der Waals surface area (Å²) in [6.07, 6.45) is 4.05. The summed E-state index contributed by atoms with van der Waals surface area (Å²) in [5.74, 6) is 0. The second-order valence-electron chi connectivity index (χ2n) is 6.43. The molecule has 4 rings (SSSR count). The van der Waals surface area contributed by atoms with Crippen molar-refractivity contribution >= 4 is 6.08 Å². The van der Waals surface area contributed by atoms with Crippen LogP contribution in [0.4, 0.5) is 0 Å². The Morgan fingerprint density at radius 3 is 1.65 bits per heavy atom. The lowest BCUT2D eigenvalue weighted by Gasteiger charge is -2.44. The van der Waals surface area contributed by atoms with Gasteiger partial charge in [-0.25, -0.2) is 0 Å². The Bertz CT molecular complexity index is 997. The van der Waals surface area contributed by atoms with E-state index >= 15 is 0 Å². The third kappa shape index (κ3) is 1.97. The SMILES string of the molecule is N#CC1(C#N)c2ccccc2C=CC1(c1ccccc1)c1ccccc1. The van der Waals surface area contributed by atoms with Gasteiger partial charge in [-0.3, -0.25) is 0 Å². The highest BCUT2D eigenvalue weighted by Crippen LogP contribution is 2.53. The van der Waals surface area contributed by atoms with E-state index in [0.717, 1.165) is 22.3 Å². The standard InChI is InChI=1S/C24H16N2/c25-17-23(18-26)22-14-8-7-9-19(22)15-16-24(23,20-10-3-1-4-11-20)21-12-5-2-6-13-21/h1-16H. The lowest BCUT2D eigenvalue weighted by Crippen LogP contribution is -2.49. The van der Waals surface area contributed by atoms with Gasteiger partial charge in [-0.15, -0.1) is 0 Å². The molecule has 26 heavy (non-hydrogen) atoms. The minimum absolute atomic E-state index is 0.750. The molecule has 0 fully saturated rings. The molecule has 1 aliphatic carbocycles. The van der Waals surface area contributed by atoms with Gasteiger partial charge in [-0.1, -0.05) is 97.1 Å². The van der Waals surface area contributed by atoms with Crippen molar-refractivity contribution in [3.8, 4) is 12.1 Å². The van der Waals surface area contributed by atoms with E-state index in [1.807, 2.05) is 97.1 Å². The van der Waals surface area contributed by atoms with Gasteiger partial charge in [0.2, 0.25) is 0 Å². The Balaban J connectivity index is 2.17. The maximum atomic E-state index is 10.3. The summed E-state index contributed by atoms with van der Waals surface area (Å²) in [5.41, 5.74) is 1.28. The van der Waals surface area contributed by atoms with Crippen LogP contribution >= 0.6 is 0 Å². The van der Waals surface area contributed by atoms with Crippen molar-refractivity contribution in [2.24, 2.45) is 0 Å². The smallest absolute Gasteiger partial charge is 0.186 e. The number of fused-ring (bicyclic) bond motifs is 1. The Labute approximate surface area is 153 Å². The van der Waals surface area contributed by atoms with Gasteiger partial charge >= 0.3 is 0 Å². The normalized spacial score (nSPS) is 16.1. The van der Waals surface area contributed by atoms with Crippen LogP contribution in [-0.2, 0) is 10.8 Å². The summed E-state index contributed by atoms with van der Waals surface area (Å²) >= 11 is 0.